The van der Waals surface area contributed by atoms with E-state index in [2.05, 4.69) is 26.9 Å². The topological polar surface area (TPSA) is 56.1 Å². The highest BCUT2D eigenvalue weighted by Crippen LogP contribution is 2.16. The molecule has 106 valence electrons. The monoisotopic (exact) mass is 273 g/mol. The molecule has 1 aliphatic heterocycles. The molecule has 3 rings (SSSR count). The lowest BCUT2D eigenvalue weighted by molar-refractivity contribution is 0.0529. The van der Waals surface area contributed by atoms with E-state index in [1.807, 2.05) is 24.6 Å². The van der Waals surface area contributed by atoms with Crippen molar-refractivity contribution in [3.63, 3.8) is 0 Å². The summed E-state index contributed by atoms with van der Waals surface area (Å²) in [5.41, 5.74) is 2.04. The lowest BCUT2D eigenvalue weighted by Gasteiger charge is -2.31. The van der Waals surface area contributed by atoms with Gasteiger partial charge in [0.05, 0.1) is 30.8 Å². The molecule has 1 unspecified atom stereocenters. The zero-order chi connectivity index (χ0) is 14.1. The molecule has 2 aromatic heterocycles. The van der Waals surface area contributed by atoms with Crippen LogP contribution in [0.3, 0.4) is 0 Å². The Labute approximate surface area is 118 Å². The van der Waals surface area contributed by atoms with Crippen LogP contribution in [-0.2, 0) is 4.74 Å². The number of aromatic nitrogens is 4. The second-order valence-corrected chi connectivity index (χ2v) is 5.20. The molecule has 6 nitrogen and oxygen atoms in total. The summed E-state index contributed by atoms with van der Waals surface area (Å²) in [6.07, 6.45) is 3.77. The van der Waals surface area contributed by atoms with E-state index in [0.717, 1.165) is 42.7 Å². The third kappa shape index (κ3) is 2.51. The average Bonchev–Trinajstić information content (AvgIpc) is 2.78. The number of morpholine rings is 1. The first-order valence-electron chi connectivity index (χ1n) is 6.86. The number of anilines is 1. The fourth-order valence-corrected chi connectivity index (χ4v) is 2.49. The van der Waals surface area contributed by atoms with Crippen LogP contribution in [0.25, 0.3) is 5.82 Å². The fraction of sp³-hybridized carbons (Fsp3) is 0.500. The molecule has 0 amide bonds. The van der Waals surface area contributed by atoms with E-state index in [1.165, 1.54) is 0 Å². The summed E-state index contributed by atoms with van der Waals surface area (Å²) in [6.45, 7) is 8.49. The third-order valence-corrected chi connectivity index (χ3v) is 3.40. The number of hydrogen-bond donors (Lipinski definition) is 0. The zero-order valence-electron chi connectivity index (χ0n) is 12.1. The molecule has 0 radical (unpaired) electrons. The van der Waals surface area contributed by atoms with Gasteiger partial charge in [-0.25, -0.2) is 9.67 Å². The predicted octanol–water partition coefficient (Wildman–Crippen LogP) is 1.50. The normalized spacial score (nSPS) is 19.4. The fourth-order valence-electron chi connectivity index (χ4n) is 2.49. The molecule has 3 heterocycles. The lowest BCUT2D eigenvalue weighted by Crippen LogP contribution is -2.41. The van der Waals surface area contributed by atoms with Gasteiger partial charge in [0.2, 0.25) is 0 Å². The Morgan fingerprint density at radius 2 is 2.05 bits per heavy atom. The van der Waals surface area contributed by atoms with Crippen molar-refractivity contribution in [1.29, 1.82) is 0 Å². The SMILES string of the molecule is Cc1cc(C)n(-c2cncc(N3CCOC(C)C3)n2)n1. The van der Waals surface area contributed by atoms with Crippen LogP contribution in [-0.4, -0.2) is 45.5 Å². The second-order valence-electron chi connectivity index (χ2n) is 5.20. The minimum absolute atomic E-state index is 0.225. The van der Waals surface area contributed by atoms with Gasteiger partial charge in [-0.05, 0) is 26.8 Å². The van der Waals surface area contributed by atoms with Crippen molar-refractivity contribution in [3.05, 3.63) is 29.8 Å². The smallest absolute Gasteiger partial charge is 0.174 e. The van der Waals surface area contributed by atoms with Crippen molar-refractivity contribution in [1.82, 2.24) is 19.7 Å². The van der Waals surface area contributed by atoms with Crippen LogP contribution in [0.2, 0.25) is 0 Å². The number of nitrogens with zero attached hydrogens (tertiary/aromatic N) is 5. The summed E-state index contributed by atoms with van der Waals surface area (Å²) >= 11 is 0. The number of aryl methyl sites for hydroxylation is 2. The molecule has 0 aliphatic carbocycles. The van der Waals surface area contributed by atoms with Gasteiger partial charge in [0.1, 0.15) is 5.82 Å². The Bertz CT molecular complexity index is 609. The summed E-state index contributed by atoms with van der Waals surface area (Å²) in [6, 6.07) is 2.03. The van der Waals surface area contributed by atoms with Crippen LogP contribution >= 0.6 is 0 Å². The van der Waals surface area contributed by atoms with Gasteiger partial charge < -0.3 is 9.64 Å². The highest BCUT2D eigenvalue weighted by atomic mass is 16.5. The van der Waals surface area contributed by atoms with Gasteiger partial charge in [0.25, 0.3) is 0 Å². The molecule has 0 N–H and O–H groups in total. The molecule has 6 heteroatoms. The average molecular weight is 273 g/mol. The van der Waals surface area contributed by atoms with E-state index in [4.69, 9.17) is 4.74 Å². The first-order chi connectivity index (χ1) is 9.63. The summed E-state index contributed by atoms with van der Waals surface area (Å²) in [5.74, 6) is 1.64. The van der Waals surface area contributed by atoms with E-state index >= 15 is 0 Å². The number of rotatable bonds is 2. The number of hydrogen-bond acceptors (Lipinski definition) is 5. The Morgan fingerprint density at radius 3 is 2.75 bits per heavy atom. The van der Waals surface area contributed by atoms with Crippen molar-refractivity contribution in [3.8, 4) is 5.82 Å². The van der Waals surface area contributed by atoms with Gasteiger partial charge in [-0.2, -0.15) is 5.10 Å². The molecule has 1 fully saturated rings. The lowest BCUT2D eigenvalue weighted by atomic mass is 10.3. The molecular formula is C14H19N5O. The Hall–Kier alpha value is -1.95. The van der Waals surface area contributed by atoms with Gasteiger partial charge >= 0.3 is 0 Å². The Balaban J connectivity index is 1.91. The van der Waals surface area contributed by atoms with E-state index < -0.39 is 0 Å². The molecule has 0 spiro atoms. The van der Waals surface area contributed by atoms with Gasteiger partial charge in [-0.15, -0.1) is 0 Å². The summed E-state index contributed by atoms with van der Waals surface area (Å²) in [5, 5.41) is 4.45. The van der Waals surface area contributed by atoms with Crippen LogP contribution in [0.15, 0.2) is 18.5 Å². The molecule has 1 saturated heterocycles. The van der Waals surface area contributed by atoms with Crippen LogP contribution in [0.1, 0.15) is 18.3 Å². The van der Waals surface area contributed by atoms with Crippen LogP contribution in [0.4, 0.5) is 5.82 Å². The van der Waals surface area contributed by atoms with E-state index in [-0.39, 0.29) is 6.10 Å². The first-order valence-corrected chi connectivity index (χ1v) is 6.86. The van der Waals surface area contributed by atoms with Gasteiger partial charge in [0.15, 0.2) is 5.82 Å². The predicted molar refractivity (Wildman–Crippen MR) is 76.3 cm³/mol. The standard InChI is InChI=1S/C14H19N5O/c1-10-6-11(2)19(17-10)14-8-15-7-13(16-14)18-4-5-20-12(3)9-18/h6-8,12H,4-5,9H2,1-3H3. The van der Waals surface area contributed by atoms with Crippen molar-refractivity contribution in [2.24, 2.45) is 0 Å². The van der Waals surface area contributed by atoms with Gasteiger partial charge in [-0.3, -0.25) is 4.98 Å². The molecule has 1 aliphatic rings. The molecule has 0 bridgehead atoms. The first kappa shape index (κ1) is 13.1. The zero-order valence-corrected chi connectivity index (χ0v) is 12.1. The molecule has 0 saturated carbocycles. The van der Waals surface area contributed by atoms with Crippen LogP contribution < -0.4 is 4.90 Å². The minimum Gasteiger partial charge on any atom is -0.375 e. The van der Waals surface area contributed by atoms with Gasteiger partial charge in [0, 0.05) is 18.8 Å². The maximum absolute atomic E-state index is 5.56. The number of ether oxygens (including phenoxy) is 1. The maximum Gasteiger partial charge on any atom is 0.174 e. The third-order valence-electron chi connectivity index (χ3n) is 3.40. The van der Waals surface area contributed by atoms with Crippen molar-refractivity contribution in [2.45, 2.75) is 26.9 Å². The Kier molecular flexibility index (Phi) is 3.40. The van der Waals surface area contributed by atoms with Crippen molar-refractivity contribution >= 4 is 5.82 Å². The van der Waals surface area contributed by atoms with Crippen LogP contribution in [0, 0.1) is 13.8 Å². The van der Waals surface area contributed by atoms with E-state index in [0.29, 0.717) is 0 Å². The summed E-state index contributed by atoms with van der Waals surface area (Å²) in [4.78, 5) is 11.2. The van der Waals surface area contributed by atoms with Crippen molar-refractivity contribution in [2.75, 3.05) is 24.6 Å². The molecule has 2 aromatic rings. The molecule has 1 atom stereocenters. The molecular weight excluding hydrogens is 254 g/mol. The van der Waals surface area contributed by atoms with Crippen molar-refractivity contribution < 1.29 is 4.74 Å². The summed E-state index contributed by atoms with van der Waals surface area (Å²) < 4.78 is 7.39. The van der Waals surface area contributed by atoms with E-state index in [1.54, 1.807) is 12.4 Å². The minimum atomic E-state index is 0.225. The molecule has 20 heavy (non-hydrogen) atoms. The van der Waals surface area contributed by atoms with Gasteiger partial charge in [-0.1, -0.05) is 0 Å². The quantitative estimate of drug-likeness (QED) is 0.830. The largest absolute Gasteiger partial charge is 0.375 e. The summed E-state index contributed by atoms with van der Waals surface area (Å²) in [7, 11) is 0. The maximum atomic E-state index is 5.56. The second kappa shape index (κ2) is 5.20. The Morgan fingerprint density at radius 1 is 1.25 bits per heavy atom. The highest BCUT2D eigenvalue weighted by molar-refractivity contribution is 5.40. The molecule has 0 aromatic carbocycles. The van der Waals surface area contributed by atoms with Crippen LogP contribution in [0.5, 0.6) is 0 Å². The van der Waals surface area contributed by atoms with E-state index in [9.17, 15) is 0 Å². The highest BCUT2D eigenvalue weighted by Gasteiger charge is 2.19.